The van der Waals surface area contributed by atoms with Gasteiger partial charge in [-0.1, -0.05) is 183 Å². The molecule has 0 spiro atoms. The van der Waals surface area contributed by atoms with E-state index in [1.807, 2.05) is 11.3 Å². The number of hydrogen-bond acceptors (Lipinski definition) is 3. The van der Waals surface area contributed by atoms with E-state index in [1.165, 1.54) is 120 Å². The standard InChI is InChI=1S/C57H38B2N2S/c1-57(2)41-25-10-11-26-43(41)58-44-27-12-14-29-47(44)60-49-34-52-40(39-22-9-16-31-51(39)62-52)32-46(49)59-45-28-13-15-30-48(45)61(50-33-42(57)53(58)56(60)54(50)59)55-37(35-18-5-3-6-19-35)23-17-24-38(55)36-20-7-4-8-21-36/h3-34H,1-2H3. The first-order valence-electron chi connectivity index (χ1n) is 21.8. The summed E-state index contributed by atoms with van der Waals surface area (Å²) in [6.07, 6.45) is 0. The molecule has 0 aliphatic carbocycles. The van der Waals surface area contributed by atoms with Crippen molar-refractivity contribution in [2.75, 3.05) is 9.80 Å². The Morgan fingerprint density at radius 3 is 1.65 bits per heavy atom. The Bertz CT molecular complexity index is 3480. The Morgan fingerprint density at radius 1 is 0.387 bits per heavy atom. The molecule has 14 rings (SSSR count). The van der Waals surface area contributed by atoms with Crippen LogP contribution in [0.5, 0.6) is 0 Å². The molecule has 0 fully saturated rings. The van der Waals surface area contributed by atoms with Crippen LogP contribution in [0.25, 0.3) is 42.4 Å². The fourth-order valence-electron chi connectivity index (χ4n) is 11.9. The molecule has 0 radical (unpaired) electrons. The van der Waals surface area contributed by atoms with Crippen LogP contribution in [0, 0.1) is 0 Å². The molecule has 4 aliphatic heterocycles. The van der Waals surface area contributed by atoms with Gasteiger partial charge in [0.1, 0.15) is 0 Å². The van der Waals surface area contributed by atoms with Crippen molar-refractivity contribution < 1.29 is 0 Å². The van der Waals surface area contributed by atoms with Crippen molar-refractivity contribution in [2.45, 2.75) is 19.3 Å². The quantitative estimate of drug-likeness (QED) is 0.164. The summed E-state index contributed by atoms with van der Waals surface area (Å²) >= 11 is 1.91. The summed E-state index contributed by atoms with van der Waals surface area (Å²) in [5.74, 6) is 0. The highest BCUT2D eigenvalue weighted by Gasteiger charge is 2.53. The van der Waals surface area contributed by atoms with Gasteiger partial charge in [-0.2, -0.15) is 0 Å². The molecule has 62 heavy (non-hydrogen) atoms. The van der Waals surface area contributed by atoms with E-state index in [2.05, 4.69) is 218 Å². The molecular weight excluding hydrogens is 766 g/mol. The summed E-state index contributed by atoms with van der Waals surface area (Å²) < 4.78 is 2.66. The second-order valence-corrected chi connectivity index (χ2v) is 19.0. The van der Waals surface area contributed by atoms with Crippen molar-refractivity contribution >= 4 is 112 Å². The number of fused-ring (bicyclic) bond motifs is 13. The predicted molar refractivity (Wildman–Crippen MR) is 267 cm³/mol. The van der Waals surface area contributed by atoms with Crippen LogP contribution < -0.4 is 42.6 Å². The second-order valence-electron chi connectivity index (χ2n) is 17.9. The van der Waals surface area contributed by atoms with Crippen LogP contribution in [0.1, 0.15) is 25.0 Å². The third-order valence-electron chi connectivity index (χ3n) is 14.5. The van der Waals surface area contributed by atoms with Gasteiger partial charge < -0.3 is 9.80 Å². The minimum Gasteiger partial charge on any atom is -0.312 e. The summed E-state index contributed by atoms with van der Waals surface area (Å²) in [7, 11) is 0. The molecule has 288 valence electrons. The number of rotatable bonds is 3. The molecule has 0 unspecified atom stereocenters. The van der Waals surface area contributed by atoms with Crippen LogP contribution in [-0.4, -0.2) is 13.4 Å². The lowest BCUT2D eigenvalue weighted by molar-refractivity contribution is 0.646. The average Bonchev–Trinajstić information content (AvgIpc) is 3.69. The average molecular weight is 805 g/mol. The second kappa shape index (κ2) is 12.5. The highest BCUT2D eigenvalue weighted by Crippen LogP contribution is 2.52. The molecule has 0 amide bonds. The maximum atomic E-state index is 2.69. The highest BCUT2D eigenvalue weighted by atomic mass is 32.1. The fraction of sp³-hybridized carbons (Fsp3) is 0.0526. The monoisotopic (exact) mass is 804 g/mol. The Morgan fingerprint density at radius 2 is 0.952 bits per heavy atom. The van der Waals surface area contributed by atoms with E-state index >= 15 is 0 Å². The molecule has 0 atom stereocenters. The van der Waals surface area contributed by atoms with Gasteiger partial charge in [0.25, 0.3) is 6.71 Å². The Hall–Kier alpha value is -7.07. The predicted octanol–water partition coefficient (Wildman–Crippen LogP) is 10.9. The zero-order valence-corrected chi connectivity index (χ0v) is 35.2. The van der Waals surface area contributed by atoms with E-state index < -0.39 is 0 Å². The maximum absolute atomic E-state index is 2.69. The first-order valence-corrected chi connectivity index (χ1v) is 22.7. The van der Waals surface area contributed by atoms with Crippen molar-refractivity contribution in [1.82, 2.24) is 0 Å². The van der Waals surface area contributed by atoms with Crippen molar-refractivity contribution in [1.29, 1.82) is 0 Å². The third-order valence-corrected chi connectivity index (χ3v) is 15.6. The molecule has 4 aliphatic rings. The smallest absolute Gasteiger partial charge is 0.252 e. The summed E-state index contributed by atoms with van der Waals surface area (Å²) in [6.45, 7) is 5.05. The molecule has 10 aromatic rings. The van der Waals surface area contributed by atoms with Gasteiger partial charge in [0.15, 0.2) is 0 Å². The number of nitrogens with zero attached hydrogens (tertiary/aromatic N) is 2. The molecule has 0 N–H and O–H groups in total. The van der Waals surface area contributed by atoms with Crippen LogP contribution in [-0.2, 0) is 5.41 Å². The van der Waals surface area contributed by atoms with Crippen LogP contribution in [0.2, 0.25) is 0 Å². The minimum atomic E-state index is -0.263. The van der Waals surface area contributed by atoms with Crippen LogP contribution in [0.15, 0.2) is 194 Å². The molecule has 0 saturated carbocycles. The van der Waals surface area contributed by atoms with Crippen molar-refractivity contribution in [3.63, 3.8) is 0 Å². The van der Waals surface area contributed by atoms with Gasteiger partial charge in [-0.25, -0.2) is 0 Å². The summed E-state index contributed by atoms with van der Waals surface area (Å²) in [6, 6.07) is 73.4. The molecule has 9 aromatic carbocycles. The molecular formula is C57H38B2N2S. The zero-order chi connectivity index (χ0) is 40.8. The Balaban J connectivity index is 1.18. The van der Waals surface area contributed by atoms with Gasteiger partial charge in [-0.05, 0) is 85.3 Å². The SMILES string of the molecule is CC1(C)c2ccccc2B2c3ccccc3N3c4cc5sc6ccccc6c5cc4B4c5ccccc5N(c5c(-c6ccccc6)cccc5-c5ccccc5)c5cc1c2c3c54. The van der Waals surface area contributed by atoms with E-state index in [0.717, 1.165) is 0 Å². The lowest BCUT2D eigenvalue weighted by Gasteiger charge is -2.52. The number of para-hydroxylation sites is 3. The number of thiophene rings is 1. The highest BCUT2D eigenvalue weighted by molar-refractivity contribution is 7.26. The van der Waals surface area contributed by atoms with Crippen molar-refractivity contribution in [3.05, 3.63) is 205 Å². The van der Waals surface area contributed by atoms with E-state index in [-0.39, 0.29) is 18.8 Å². The fourth-order valence-corrected chi connectivity index (χ4v) is 13.0. The first-order chi connectivity index (χ1) is 30.6. The topological polar surface area (TPSA) is 6.48 Å². The maximum Gasteiger partial charge on any atom is 0.252 e. The van der Waals surface area contributed by atoms with Crippen LogP contribution >= 0.6 is 11.3 Å². The van der Waals surface area contributed by atoms with Crippen LogP contribution in [0.4, 0.5) is 34.1 Å². The number of hydrogen-bond donors (Lipinski definition) is 0. The molecule has 0 bridgehead atoms. The Kier molecular flexibility index (Phi) is 6.98. The molecule has 0 saturated heterocycles. The van der Waals surface area contributed by atoms with Crippen LogP contribution in [0.3, 0.4) is 0 Å². The van der Waals surface area contributed by atoms with Gasteiger partial charge >= 0.3 is 0 Å². The minimum absolute atomic E-state index is 0.0160. The van der Waals surface area contributed by atoms with Gasteiger partial charge in [-0.3, -0.25) is 0 Å². The molecule has 5 heterocycles. The van der Waals surface area contributed by atoms with Crippen molar-refractivity contribution in [3.8, 4) is 22.3 Å². The first kappa shape index (κ1) is 34.6. The van der Waals surface area contributed by atoms with E-state index in [4.69, 9.17) is 0 Å². The summed E-state index contributed by atoms with van der Waals surface area (Å²) in [5, 5.41) is 2.67. The van der Waals surface area contributed by atoms with Gasteiger partial charge in [0.05, 0.1) is 5.69 Å². The normalized spacial score (nSPS) is 14.6. The molecule has 1 aromatic heterocycles. The Labute approximate surface area is 366 Å². The van der Waals surface area contributed by atoms with E-state index in [1.54, 1.807) is 0 Å². The van der Waals surface area contributed by atoms with Gasteiger partial charge in [0.2, 0.25) is 6.71 Å². The largest absolute Gasteiger partial charge is 0.312 e. The lowest BCUT2D eigenvalue weighted by Crippen LogP contribution is -2.70. The van der Waals surface area contributed by atoms with E-state index in [9.17, 15) is 0 Å². The van der Waals surface area contributed by atoms with Crippen molar-refractivity contribution in [2.24, 2.45) is 0 Å². The molecule has 2 nitrogen and oxygen atoms in total. The van der Waals surface area contributed by atoms with Gasteiger partial charge in [0, 0.05) is 59.8 Å². The lowest BCUT2D eigenvalue weighted by atomic mass is 9.27. The molecule has 5 heteroatoms. The van der Waals surface area contributed by atoms with Gasteiger partial charge in [-0.15, -0.1) is 11.3 Å². The third kappa shape index (κ3) is 4.46. The summed E-state index contributed by atoms with van der Waals surface area (Å²) in [4.78, 5) is 5.35. The number of anilines is 6. The zero-order valence-electron chi connectivity index (χ0n) is 34.4. The van der Waals surface area contributed by atoms with E-state index in [0.29, 0.717) is 0 Å². The summed E-state index contributed by atoms with van der Waals surface area (Å²) in [5.41, 5.74) is 23.4. The number of benzene rings is 9.